The van der Waals surface area contributed by atoms with Gasteiger partial charge in [-0.25, -0.2) is 0 Å². The van der Waals surface area contributed by atoms with E-state index in [0.717, 1.165) is 12.0 Å². The van der Waals surface area contributed by atoms with E-state index >= 15 is 0 Å². The van der Waals surface area contributed by atoms with Crippen molar-refractivity contribution in [3.63, 3.8) is 0 Å². The lowest BCUT2D eigenvalue weighted by Gasteiger charge is -2.04. The molecule has 1 rings (SSSR count). The van der Waals surface area contributed by atoms with Crippen molar-refractivity contribution in [2.45, 2.75) is 32.8 Å². The van der Waals surface area contributed by atoms with E-state index in [4.69, 9.17) is 1.37 Å². The van der Waals surface area contributed by atoms with E-state index in [-0.39, 0.29) is 0 Å². The average Bonchev–Trinajstić information content (AvgIpc) is 2.03. The maximum Gasteiger partial charge on any atom is 0.0601 e. The first-order valence-corrected chi connectivity index (χ1v) is 4.31. The molecule has 0 aliphatic rings. The summed E-state index contributed by atoms with van der Waals surface area (Å²) < 4.78 is 7.32. The summed E-state index contributed by atoms with van der Waals surface area (Å²) in [5.74, 6) is 0. The molecule has 0 spiro atoms. The molecule has 0 aromatic heterocycles. The van der Waals surface area contributed by atoms with E-state index in [1.165, 1.54) is 12.5 Å². The first-order valence-electron chi connectivity index (χ1n) is 4.81. The summed E-state index contributed by atoms with van der Waals surface area (Å²) in [5.41, 5.74) is 2.30. The second kappa shape index (κ2) is 4.27. The van der Waals surface area contributed by atoms with Crippen molar-refractivity contribution in [2.24, 2.45) is 0 Å². The average molecular weight is 165 g/mol. The number of hydrogen-bond donors (Lipinski definition) is 1. The van der Waals surface area contributed by atoms with E-state index < -0.39 is 6.08 Å². The van der Waals surface area contributed by atoms with Gasteiger partial charge < -0.3 is 5.11 Å². The second-order valence-corrected chi connectivity index (χ2v) is 3.08. The number of hydrogen-bond acceptors (Lipinski definition) is 1. The first kappa shape index (κ1) is 7.81. The number of aliphatic hydroxyl groups is 1. The van der Waals surface area contributed by atoms with Crippen molar-refractivity contribution >= 4 is 0 Å². The van der Waals surface area contributed by atoms with Gasteiger partial charge in [-0.1, -0.05) is 31.2 Å². The van der Waals surface area contributed by atoms with Crippen molar-refractivity contribution < 1.29 is 6.48 Å². The Hall–Kier alpha value is -0.820. The topological polar surface area (TPSA) is 20.2 Å². The summed E-state index contributed by atoms with van der Waals surface area (Å²) >= 11 is 0. The van der Waals surface area contributed by atoms with E-state index in [1.807, 2.05) is 24.3 Å². The summed E-state index contributed by atoms with van der Waals surface area (Å²) in [6, 6.07) is 8.03. The molecule has 1 N–H and O–H groups in total. The van der Waals surface area contributed by atoms with Crippen LogP contribution >= 0.6 is 0 Å². The Kier molecular flexibility index (Phi) is 2.78. The third-order valence-electron chi connectivity index (χ3n) is 1.89. The summed E-state index contributed by atoms with van der Waals surface area (Å²) in [7, 11) is 0. The fourth-order valence-corrected chi connectivity index (χ4v) is 1.19. The number of benzene rings is 1. The zero-order valence-electron chi connectivity index (χ0n) is 8.67. The highest BCUT2D eigenvalue weighted by Gasteiger charge is 1.97. The fraction of sp³-hybridized carbons (Fsp3) is 0.455. The molecule has 1 aromatic rings. The molecule has 0 amide bonds. The zero-order chi connectivity index (χ0) is 9.90. The van der Waals surface area contributed by atoms with Crippen molar-refractivity contribution in [1.29, 1.82) is 0 Å². The molecule has 1 nitrogen and oxygen atoms in total. The van der Waals surface area contributed by atoms with Crippen LogP contribution in [0.15, 0.2) is 24.3 Å². The number of aryl methyl sites for hydroxylation is 1. The van der Waals surface area contributed by atoms with Crippen molar-refractivity contribution in [3.8, 4) is 0 Å². The van der Waals surface area contributed by atoms with Crippen molar-refractivity contribution in [3.05, 3.63) is 35.4 Å². The van der Waals surface area contributed by atoms with Crippen LogP contribution in [0.5, 0.6) is 0 Å². The van der Waals surface area contributed by atoms with Crippen LogP contribution in [0.4, 0.5) is 0 Å². The Bertz CT molecular complexity index is 258. The lowest BCUT2D eigenvalue weighted by molar-refractivity contribution is 0.195. The lowest BCUT2D eigenvalue weighted by atomic mass is 10.1. The highest BCUT2D eigenvalue weighted by atomic mass is 16.3. The summed E-state index contributed by atoms with van der Waals surface area (Å²) in [6.45, 7) is 3.61. The summed E-state index contributed by atoms with van der Waals surface area (Å²) in [5, 5.41) is 9.26. The molecule has 0 bridgehead atoms. The molecule has 1 atom stereocenters. The Labute approximate surface area is 75.5 Å². The van der Waals surface area contributed by atoms with Gasteiger partial charge in [0.1, 0.15) is 0 Å². The molecular formula is C11H16O. The van der Waals surface area contributed by atoms with Gasteiger partial charge in [-0.15, -0.1) is 0 Å². The molecule has 1 aromatic carbocycles. The number of rotatable bonds is 3. The molecule has 0 aliphatic carbocycles. The maximum atomic E-state index is 9.26. The zero-order valence-corrected chi connectivity index (χ0v) is 7.67. The third kappa shape index (κ3) is 2.67. The van der Waals surface area contributed by atoms with Crippen LogP contribution in [0.25, 0.3) is 0 Å². The van der Waals surface area contributed by atoms with Gasteiger partial charge in [0.15, 0.2) is 0 Å². The van der Waals surface area contributed by atoms with Crippen LogP contribution in [-0.2, 0) is 12.8 Å². The smallest absolute Gasteiger partial charge is 0.0601 e. The molecule has 0 aliphatic heterocycles. The van der Waals surface area contributed by atoms with E-state index in [0.29, 0.717) is 6.42 Å². The summed E-state index contributed by atoms with van der Waals surface area (Å²) in [4.78, 5) is 0. The van der Waals surface area contributed by atoms with E-state index in [9.17, 15) is 5.11 Å². The Morgan fingerprint density at radius 1 is 1.33 bits per heavy atom. The first-order chi connectivity index (χ1) is 6.01. The molecular weight excluding hydrogens is 148 g/mol. The van der Waals surface area contributed by atoms with Crippen LogP contribution in [-0.4, -0.2) is 11.2 Å². The van der Waals surface area contributed by atoms with Crippen molar-refractivity contribution in [1.82, 2.24) is 0 Å². The van der Waals surface area contributed by atoms with Crippen LogP contribution < -0.4 is 0 Å². The quantitative estimate of drug-likeness (QED) is 0.727. The maximum absolute atomic E-state index is 9.26. The normalized spacial score (nSPS) is 16.8. The molecule has 0 radical (unpaired) electrons. The van der Waals surface area contributed by atoms with Gasteiger partial charge in [0, 0.05) is 0 Å². The molecule has 0 fully saturated rings. The minimum atomic E-state index is -1.35. The predicted molar refractivity (Wildman–Crippen MR) is 51.2 cm³/mol. The molecule has 12 heavy (non-hydrogen) atoms. The van der Waals surface area contributed by atoms with Gasteiger partial charge in [-0.05, 0) is 30.9 Å². The highest BCUT2D eigenvalue weighted by Crippen LogP contribution is 2.06. The largest absolute Gasteiger partial charge is 0.393 e. The van der Waals surface area contributed by atoms with E-state index in [1.54, 1.807) is 0 Å². The molecule has 0 saturated carbocycles. The van der Waals surface area contributed by atoms with Gasteiger partial charge in [0.2, 0.25) is 0 Å². The second-order valence-electron chi connectivity index (χ2n) is 3.08. The fourth-order valence-electron chi connectivity index (χ4n) is 1.19. The van der Waals surface area contributed by atoms with Gasteiger partial charge in [-0.3, -0.25) is 0 Å². The van der Waals surface area contributed by atoms with Crippen molar-refractivity contribution in [2.75, 3.05) is 0 Å². The summed E-state index contributed by atoms with van der Waals surface area (Å²) in [6.07, 6.45) is 0.0578. The Morgan fingerprint density at radius 2 is 1.83 bits per heavy atom. The Balaban J connectivity index is 2.70. The van der Waals surface area contributed by atoms with E-state index in [2.05, 4.69) is 6.92 Å². The van der Waals surface area contributed by atoms with Crippen LogP contribution in [0.1, 0.15) is 26.3 Å². The molecule has 1 heteroatoms. The SMILES string of the molecule is [2H][C@@](C)(O)Cc1ccc(CC)cc1. The minimum Gasteiger partial charge on any atom is -0.393 e. The van der Waals surface area contributed by atoms with Gasteiger partial charge in [-0.2, -0.15) is 0 Å². The standard InChI is InChI=1S/C11H16O/c1-3-10-4-6-11(7-5-10)8-9(2)12/h4-7,9,12H,3,8H2,1-2H3/t9-/m0/s1/i9D. The molecule has 0 saturated heterocycles. The monoisotopic (exact) mass is 165 g/mol. The molecule has 66 valence electrons. The van der Waals surface area contributed by atoms with Gasteiger partial charge in [0.05, 0.1) is 7.45 Å². The highest BCUT2D eigenvalue weighted by molar-refractivity contribution is 5.22. The van der Waals surface area contributed by atoms with Gasteiger partial charge in [0.25, 0.3) is 0 Å². The molecule has 0 heterocycles. The van der Waals surface area contributed by atoms with Crippen LogP contribution in [0, 0.1) is 0 Å². The lowest BCUT2D eigenvalue weighted by Crippen LogP contribution is -2.03. The van der Waals surface area contributed by atoms with Crippen LogP contribution in [0.3, 0.4) is 0 Å². The molecule has 0 unspecified atom stereocenters. The van der Waals surface area contributed by atoms with Gasteiger partial charge >= 0.3 is 0 Å². The Morgan fingerprint density at radius 3 is 2.25 bits per heavy atom. The minimum absolute atomic E-state index is 0.386. The third-order valence-corrected chi connectivity index (χ3v) is 1.89. The predicted octanol–water partition coefficient (Wildman–Crippen LogP) is 2.17. The van der Waals surface area contributed by atoms with Crippen LogP contribution in [0.2, 0.25) is 0 Å².